The summed E-state index contributed by atoms with van der Waals surface area (Å²) in [4.78, 5) is 32.7. The van der Waals surface area contributed by atoms with Crippen LogP contribution in [0.2, 0.25) is 0 Å². The Balaban J connectivity index is 1.40. The SMILES string of the molecule is O=C(NC1CC1)c1cc(C(=O)N2CCN(c3ccccc3F)CC2)ccn1. The number of para-hydroxylation sites is 1. The molecular formula is C20H21FN4O2. The highest BCUT2D eigenvalue weighted by Crippen LogP contribution is 2.21. The number of piperazine rings is 1. The van der Waals surface area contributed by atoms with Crippen LogP contribution in [0.1, 0.15) is 33.7 Å². The summed E-state index contributed by atoms with van der Waals surface area (Å²) in [6.45, 7) is 2.12. The number of nitrogens with one attached hydrogen (secondary N) is 1. The second-order valence-corrected chi connectivity index (χ2v) is 6.91. The first kappa shape index (κ1) is 17.5. The van der Waals surface area contributed by atoms with Crippen LogP contribution in [0.5, 0.6) is 0 Å². The zero-order chi connectivity index (χ0) is 18.8. The van der Waals surface area contributed by atoms with E-state index in [4.69, 9.17) is 0 Å². The number of halogens is 1. The number of aromatic nitrogens is 1. The zero-order valence-corrected chi connectivity index (χ0v) is 14.9. The van der Waals surface area contributed by atoms with E-state index >= 15 is 0 Å². The number of anilines is 1. The van der Waals surface area contributed by atoms with Crippen LogP contribution in [-0.4, -0.2) is 53.9 Å². The van der Waals surface area contributed by atoms with Gasteiger partial charge < -0.3 is 15.1 Å². The third kappa shape index (κ3) is 3.92. The predicted octanol–water partition coefficient (Wildman–Crippen LogP) is 2.08. The highest BCUT2D eigenvalue weighted by Gasteiger charge is 2.26. The molecule has 1 aliphatic heterocycles. The monoisotopic (exact) mass is 368 g/mol. The Morgan fingerprint density at radius 3 is 2.52 bits per heavy atom. The predicted molar refractivity (Wildman–Crippen MR) is 99.2 cm³/mol. The molecule has 27 heavy (non-hydrogen) atoms. The van der Waals surface area contributed by atoms with Gasteiger partial charge in [-0.25, -0.2) is 4.39 Å². The summed E-state index contributed by atoms with van der Waals surface area (Å²) in [6, 6.07) is 10.1. The molecule has 2 aromatic rings. The minimum absolute atomic E-state index is 0.133. The van der Waals surface area contributed by atoms with Gasteiger partial charge in [0.1, 0.15) is 11.5 Å². The highest BCUT2D eigenvalue weighted by molar-refractivity contribution is 5.98. The molecule has 1 aromatic heterocycles. The van der Waals surface area contributed by atoms with Crippen LogP contribution in [0.15, 0.2) is 42.6 Å². The molecule has 2 aliphatic rings. The van der Waals surface area contributed by atoms with Crippen LogP contribution < -0.4 is 10.2 Å². The van der Waals surface area contributed by atoms with Gasteiger partial charge >= 0.3 is 0 Å². The molecule has 6 nitrogen and oxygen atoms in total. The second-order valence-electron chi connectivity index (χ2n) is 6.91. The van der Waals surface area contributed by atoms with Crippen molar-refractivity contribution >= 4 is 17.5 Å². The molecule has 0 radical (unpaired) electrons. The topological polar surface area (TPSA) is 65.5 Å². The van der Waals surface area contributed by atoms with Crippen molar-refractivity contribution in [1.29, 1.82) is 0 Å². The molecule has 1 saturated heterocycles. The van der Waals surface area contributed by atoms with Gasteiger partial charge in [-0.2, -0.15) is 0 Å². The minimum Gasteiger partial charge on any atom is -0.366 e. The lowest BCUT2D eigenvalue weighted by Crippen LogP contribution is -2.49. The molecule has 4 rings (SSSR count). The van der Waals surface area contributed by atoms with Gasteiger partial charge in [0.15, 0.2) is 0 Å². The molecule has 1 aliphatic carbocycles. The van der Waals surface area contributed by atoms with Crippen molar-refractivity contribution in [3.63, 3.8) is 0 Å². The standard InChI is InChI=1S/C20H21FN4O2/c21-16-3-1-2-4-18(16)24-9-11-25(12-10-24)20(27)14-7-8-22-17(13-14)19(26)23-15-5-6-15/h1-4,7-8,13,15H,5-6,9-12H2,(H,23,26). The Bertz CT molecular complexity index is 861. The maximum atomic E-state index is 13.9. The summed E-state index contributed by atoms with van der Waals surface area (Å²) >= 11 is 0. The number of amides is 2. The van der Waals surface area contributed by atoms with E-state index in [-0.39, 0.29) is 29.4 Å². The van der Waals surface area contributed by atoms with Crippen LogP contribution in [0.4, 0.5) is 10.1 Å². The number of hydrogen-bond donors (Lipinski definition) is 1. The van der Waals surface area contributed by atoms with Gasteiger partial charge in [0, 0.05) is 44.0 Å². The Morgan fingerprint density at radius 2 is 1.81 bits per heavy atom. The Labute approximate surface area is 157 Å². The first-order chi connectivity index (χ1) is 13.1. The van der Waals surface area contributed by atoms with E-state index < -0.39 is 0 Å². The summed E-state index contributed by atoms with van der Waals surface area (Å²) in [6.07, 6.45) is 3.48. The lowest BCUT2D eigenvalue weighted by Gasteiger charge is -2.36. The zero-order valence-electron chi connectivity index (χ0n) is 14.9. The van der Waals surface area contributed by atoms with Gasteiger partial charge in [0.25, 0.3) is 11.8 Å². The average Bonchev–Trinajstić information content (AvgIpc) is 3.52. The van der Waals surface area contributed by atoms with Crippen molar-refractivity contribution in [2.75, 3.05) is 31.1 Å². The third-order valence-electron chi connectivity index (χ3n) is 4.91. The Kier molecular flexibility index (Phi) is 4.75. The quantitative estimate of drug-likeness (QED) is 0.897. The first-order valence-electron chi connectivity index (χ1n) is 9.17. The van der Waals surface area contributed by atoms with Crippen molar-refractivity contribution < 1.29 is 14.0 Å². The molecule has 0 spiro atoms. The van der Waals surface area contributed by atoms with Gasteiger partial charge in [-0.05, 0) is 37.1 Å². The molecule has 0 unspecified atom stereocenters. The number of benzene rings is 1. The van der Waals surface area contributed by atoms with Gasteiger partial charge in [-0.3, -0.25) is 14.6 Å². The summed E-state index contributed by atoms with van der Waals surface area (Å²) in [7, 11) is 0. The summed E-state index contributed by atoms with van der Waals surface area (Å²) in [5.74, 6) is -0.625. The van der Waals surface area contributed by atoms with Crippen LogP contribution in [-0.2, 0) is 0 Å². The van der Waals surface area contributed by atoms with Crippen LogP contribution >= 0.6 is 0 Å². The van der Waals surface area contributed by atoms with E-state index in [2.05, 4.69) is 10.3 Å². The molecule has 2 amide bonds. The Morgan fingerprint density at radius 1 is 1.07 bits per heavy atom. The summed E-state index contributed by atoms with van der Waals surface area (Å²) in [5, 5.41) is 2.88. The third-order valence-corrected chi connectivity index (χ3v) is 4.91. The fourth-order valence-corrected chi connectivity index (χ4v) is 3.22. The minimum atomic E-state index is -0.252. The lowest BCUT2D eigenvalue weighted by atomic mass is 10.1. The molecule has 2 fully saturated rings. The van der Waals surface area contributed by atoms with E-state index in [1.54, 1.807) is 35.2 Å². The molecule has 0 atom stereocenters. The Hall–Kier alpha value is -2.96. The number of nitrogens with zero attached hydrogens (tertiary/aromatic N) is 3. The molecule has 0 bridgehead atoms. The molecule has 140 valence electrons. The fraction of sp³-hybridized carbons (Fsp3) is 0.350. The summed E-state index contributed by atoms with van der Waals surface area (Å²) < 4.78 is 13.9. The van der Waals surface area contributed by atoms with Crippen molar-refractivity contribution in [2.24, 2.45) is 0 Å². The van der Waals surface area contributed by atoms with E-state index in [9.17, 15) is 14.0 Å². The maximum absolute atomic E-state index is 13.9. The van der Waals surface area contributed by atoms with Crippen molar-refractivity contribution in [3.8, 4) is 0 Å². The van der Waals surface area contributed by atoms with Crippen LogP contribution in [0.25, 0.3) is 0 Å². The maximum Gasteiger partial charge on any atom is 0.270 e. The molecule has 7 heteroatoms. The molecular weight excluding hydrogens is 347 g/mol. The molecule has 1 aromatic carbocycles. The van der Waals surface area contributed by atoms with Crippen molar-refractivity contribution in [3.05, 3.63) is 59.7 Å². The number of rotatable bonds is 4. The average molecular weight is 368 g/mol. The lowest BCUT2D eigenvalue weighted by molar-refractivity contribution is 0.0746. The summed E-state index contributed by atoms with van der Waals surface area (Å²) in [5.41, 5.74) is 1.27. The second kappa shape index (κ2) is 7.34. The highest BCUT2D eigenvalue weighted by atomic mass is 19.1. The smallest absolute Gasteiger partial charge is 0.270 e. The first-order valence-corrected chi connectivity index (χ1v) is 9.17. The van der Waals surface area contributed by atoms with E-state index in [0.29, 0.717) is 37.4 Å². The molecule has 2 heterocycles. The van der Waals surface area contributed by atoms with Crippen molar-refractivity contribution in [1.82, 2.24) is 15.2 Å². The van der Waals surface area contributed by atoms with E-state index in [1.807, 2.05) is 4.90 Å². The fourth-order valence-electron chi connectivity index (χ4n) is 3.22. The van der Waals surface area contributed by atoms with E-state index in [1.165, 1.54) is 12.3 Å². The normalized spacial score (nSPS) is 16.9. The molecule has 1 N–H and O–H groups in total. The van der Waals surface area contributed by atoms with Crippen LogP contribution in [0, 0.1) is 5.82 Å². The van der Waals surface area contributed by atoms with Gasteiger partial charge in [0.05, 0.1) is 5.69 Å². The van der Waals surface area contributed by atoms with Gasteiger partial charge in [0.2, 0.25) is 0 Å². The number of carbonyl (C=O) groups excluding carboxylic acids is 2. The van der Waals surface area contributed by atoms with Gasteiger partial charge in [-0.1, -0.05) is 12.1 Å². The largest absolute Gasteiger partial charge is 0.366 e. The number of pyridine rings is 1. The number of carbonyl (C=O) groups is 2. The molecule has 1 saturated carbocycles. The van der Waals surface area contributed by atoms with Crippen molar-refractivity contribution in [2.45, 2.75) is 18.9 Å². The van der Waals surface area contributed by atoms with Gasteiger partial charge in [-0.15, -0.1) is 0 Å². The van der Waals surface area contributed by atoms with E-state index in [0.717, 1.165) is 12.8 Å². The number of hydrogen-bond acceptors (Lipinski definition) is 4. The van der Waals surface area contributed by atoms with Crippen LogP contribution in [0.3, 0.4) is 0 Å².